The summed E-state index contributed by atoms with van der Waals surface area (Å²) in [6.07, 6.45) is -4.97. The Hall–Kier alpha value is -4.48. The second kappa shape index (κ2) is 11.0. The van der Waals surface area contributed by atoms with Crippen LogP contribution in [0.25, 0.3) is 16.9 Å². The minimum Gasteiger partial charge on any atom is -0.482 e. The van der Waals surface area contributed by atoms with E-state index >= 15 is 0 Å². The maximum Gasteiger partial charge on any atom is 0.417 e. The van der Waals surface area contributed by atoms with E-state index in [-0.39, 0.29) is 30.0 Å². The van der Waals surface area contributed by atoms with Crippen molar-refractivity contribution in [3.63, 3.8) is 0 Å². The molecule has 1 aliphatic rings. The Morgan fingerprint density at radius 1 is 1.23 bits per heavy atom. The van der Waals surface area contributed by atoms with Crippen molar-refractivity contribution in [2.45, 2.75) is 24.0 Å². The lowest BCUT2D eigenvalue weighted by molar-refractivity contribution is -0.138. The molecule has 0 bridgehead atoms. The van der Waals surface area contributed by atoms with Crippen LogP contribution in [0.4, 0.5) is 17.6 Å². The Morgan fingerprint density at radius 3 is 2.60 bits per heavy atom. The number of rotatable bonds is 7. The third-order valence-electron chi connectivity index (χ3n) is 7.34. The van der Waals surface area contributed by atoms with Gasteiger partial charge in [-0.2, -0.15) is 18.4 Å². The largest absolute Gasteiger partial charge is 0.482 e. The fourth-order valence-corrected chi connectivity index (χ4v) is 7.35. The topological polar surface area (TPSA) is 117 Å². The van der Waals surface area contributed by atoms with E-state index in [0.29, 0.717) is 28.7 Å². The molecule has 1 N–H and O–H groups in total. The molecule has 2 aromatic heterocycles. The van der Waals surface area contributed by atoms with Crippen LogP contribution in [0, 0.1) is 24.1 Å². The van der Waals surface area contributed by atoms with Crippen LogP contribution < -0.4 is 10.1 Å². The molecule has 224 valence electrons. The Labute approximate surface area is 244 Å². The van der Waals surface area contributed by atoms with E-state index in [2.05, 4.69) is 10.3 Å². The molecule has 9 nitrogen and oxygen atoms in total. The predicted octanol–water partition coefficient (Wildman–Crippen LogP) is 4.54. The van der Waals surface area contributed by atoms with E-state index in [1.54, 1.807) is 36.6 Å². The van der Waals surface area contributed by atoms with Gasteiger partial charge in [0, 0.05) is 18.7 Å². The zero-order chi connectivity index (χ0) is 31.3. The van der Waals surface area contributed by atoms with E-state index < -0.39 is 55.6 Å². The first kappa shape index (κ1) is 30.0. The molecule has 2 aromatic carbocycles. The summed E-state index contributed by atoms with van der Waals surface area (Å²) < 4.78 is 89.0. The molecular weight excluding hydrogens is 590 g/mol. The zero-order valence-corrected chi connectivity index (χ0v) is 24.0. The number of ether oxygens (including phenoxy) is 1. The number of carbonyl (C=O) groups excluding carboxylic acids is 1. The molecule has 1 amide bonds. The molecule has 0 fully saturated rings. The summed E-state index contributed by atoms with van der Waals surface area (Å²) in [4.78, 5) is 19.5. The van der Waals surface area contributed by atoms with Gasteiger partial charge < -0.3 is 15.0 Å². The number of carbonyl (C=O) groups is 1. The number of aryl methyl sites for hydroxylation is 1. The second-order valence-electron chi connectivity index (χ2n) is 9.95. The number of likely N-dealkylation sites (N-methyl/N-ethyl adjacent to an activating group) is 1. The SMILES string of the molecule is CNCCN(C(=O)c1nc2cccc(OC)n2c1-c1ccc(F)c(C)c1)C1CS(=O)(=O)c2c1ccc(C(F)(F)F)c2C#N. The van der Waals surface area contributed by atoms with Crippen LogP contribution in [0.15, 0.2) is 53.4 Å². The lowest BCUT2D eigenvalue weighted by Crippen LogP contribution is -2.40. The van der Waals surface area contributed by atoms with Crippen molar-refractivity contribution >= 4 is 21.4 Å². The molecule has 0 saturated carbocycles. The van der Waals surface area contributed by atoms with Crippen molar-refractivity contribution in [2.24, 2.45) is 0 Å². The molecule has 14 heteroatoms. The summed E-state index contributed by atoms with van der Waals surface area (Å²) in [6, 6.07) is 11.0. The molecule has 1 aliphatic heterocycles. The van der Waals surface area contributed by atoms with Gasteiger partial charge >= 0.3 is 6.18 Å². The van der Waals surface area contributed by atoms with Gasteiger partial charge in [0.2, 0.25) is 0 Å². The van der Waals surface area contributed by atoms with Gasteiger partial charge in [0.15, 0.2) is 21.4 Å². The number of pyridine rings is 1. The third kappa shape index (κ3) is 5.08. The van der Waals surface area contributed by atoms with Crippen molar-refractivity contribution in [3.8, 4) is 23.2 Å². The standard InChI is InChI=1S/C29H25F4N5O4S/c1-16-13-17(7-10-21(16)30)26-25(36-23-5-4-6-24(42-3)38(23)26)28(39)37(12-11-35-2)22-15-43(40,41)27-18(22)8-9-20(19(27)14-34)29(31,32)33/h4-10,13,22,35H,11-12,15H2,1-3H3. The van der Waals surface area contributed by atoms with Crippen molar-refractivity contribution in [2.75, 3.05) is 33.0 Å². The van der Waals surface area contributed by atoms with Gasteiger partial charge in [0.1, 0.15) is 17.5 Å². The number of amides is 1. The van der Waals surface area contributed by atoms with Crippen LogP contribution >= 0.6 is 0 Å². The van der Waals surface area contributed by atoms with Gasteiger partial charge in [-0.15, -0.1) is 0 Å². The number of hydrogen-bond donors (Lipinski definition) is 1. The Balaban J connectivity index is 1.74. The summed E-state index contributed by atoms with van der Waals surface area (Å²) in [5, 5.41) is 12.5. The predicted molar refractivity (Wildman–Crippen MR) is 148 cm³/mol. The Bertz CT molecular complexity index is 1910. The van der Waals surface area contributed by atoms with Crippen molar-refractivity contribution in [3.05, 3.63) is 82.3 Å². The highest BCUT2D eigenvalue weighted by atomic mass is 32.2. The highest BCUT2D eigenvalue weighted by molar-refractivity contribution is 7.91. The Morgan fingerprint density at radius 2 is 1.98 bits per heavy atom. The lowest BCUT2D eigenvalue weighted by atomic mass is 9.99. The number of fused-ring (bicyclic) bond motifs is 2. The van der Waals surface area contributed by atoms with Crippen LogP contribution in [0.3, 0.4) is 0 Å². The third-order valence-corrected chi connectivity index (χ3v) is 9.16. The number of hydrogen-bond acceptors (Lipinski definition) is 7. The van der Waals surface area contributed by atoms with Gasteiger partial charge in [0.05, 0.1) is 40.6 Å². The zero-order valence-electron chi connectivity index (χ0n) is 23.2. The number of aromatic nitrogens is 2. The fourth-order valence-electron chi connectivity index (χ4n) is 5.38. The average molecular weight is 616 g/mol. The number of nitrogens with zero attached hydrogens (tertiary/aromatic N) is 4. The van der Waals surface area contributed by atoms with Crippen molar-refractivity contribution in [1.82, 2.24) is 19.6 Å². The lowest BCUT2D eigenvalue weighted by Gasteiger charge is -2.29. The van der Waals surface area contributed by atoms with Crippen molar-refractivity contribution < 1.29 is 35.5 Å². The molecular formula is C29H25F4N5O4S. The maximum absolute atomic E-state index is 14.4. The van der Waals surface area contributed by atoms with Crippen LogP contribution in [0.5, 0.6) is 5.88 Å². The molecule has 1 atom stereocenters. The first-order valence-electron chi connectivity index (χ1n) is 13.0. The molecule has 43 heavy (non-hydrogen) atoms. The molecule has 0 aliphatic carbocycles. The summed E-state index contributed by atoms with van der Waals surface area (Å²) in [5.41, 5.74) is -1.28. The number of imidazole rings is 1. The number of alkyl halides is 3. The van der Waals surface area contributed by atoms with E-state index in [0.717, 1.165) is 6.07 Å². The van der Waals surface area contributed by atoms with Gasteiger partial charge in [-0.1, -0.05) is 12.1 Å². The molecule has 1 unspecified atom stereocenters. The first-order chi connectivity index (χ1) is 20.3. The van der Waals surface area contributed by atoms with Crippen molar-refractivity contribution in [1.29, 1.82) is 5.26 Å². The smallest absolute Gasteiger partial charge is 0.417 e. The number of nitrogens with one attached hydrogen (secondary N) is 1. The molecule has 0 radical (unpaired) electrons. The van der Waals surface area contributed by atoms with Crippen LogP contribution in [-0.4, -0.2) is 61.6 Å². The van der Waals surface area contributed by atoms with Crippen LogP contribution in [-0.2, 0) is 16.0 Å². The number of nitriles is 1. The quantitative estimate of drug-likeness (QED) is 0.304. The van der Waals surface area contributed by atoms with Crippen LogP contribution in [0.1, 0.15) is 38.8 Å². The fraction of sp³-hybridized carbons (Fsp3) is 0.276. The summed E-state index contributed by atoms with van der Waals surface area (Å²) in [7, 11) is -1.35. The molecule has 3 heterocycles. The van der Waals surface area contributed by atoms with E-state index in [4.69, 9.17) is 4.74 Å². The highest BCUT2D eigenvalue weighted by Gasteiger charge is 2.46. The Kier molecular flexibility index (Phi) is 7.66. The van der Waals surface area contributed by atoms with E-state index in [9.17, 15) is 36.0 Å². The molecule has 0 spiro atoms. The molecule has 0 saturated heterocycles. The second-order valence-corrected chi connectivity index (χ2v) is 11.9. The normalized spacial score (nSPS) is 15.7. The monoisotopic (exact) mass is 615 g/mol. The summed E-state index contributed by atoms with van der Waals surface area (Å²) in [6.45, 7) is 1.71. The van der Waals surface area contributed by atoms with Gasteiger partial charge in [0.25, 0.3) is 5.91 Å². The summed E-state index contributed by atoms with van der Waals surface area (Å²) >= 11 is 0. The minimum absolute atomic E-state index is 0.0508. The summed E-state index contributed by atoms with van der Waals surface area (Å²) in [5.74, 6) is -1.60. The number of halogens is 4. The average Bonchev–Trinajstić information content (AvgIpc) is 3.48. The van der Waals surface area contributed by atoms with Gasteiger partial charge in [-0.25, -0.2) is 17.8 Å². The molecule has 5 rings (SSSR count). The van der Waals surface area contributed by atoms with E-state index in [1.807, 2.05) is 0 Å². The van der Waals surface area contributed by atoms with Crippen LogP contribution in [0.2, 0.25) is 0 Å². The highest BCUT2D eigenvalue weighted by Crippen LogP contribution is 2.44. The number of methoxy groups -OCH3 is 1. The van der Waals surface area contributed by atoms with Gasteiger partial charge in [-0.05, 0) is 61.5 Å². The maximum atomic E-state index is 14.4. The minimum atomic E-state index is -4.97. The molecule has 4 aromatic rings. The van der Waals surface area contributed by atoms with E-state index in [1.165, 1.54) is 36.3 Å². The number of benzene rings is 2. The number of sulfone groups is 1. The first-order valence-corrected chi connectivity index (χ1v) is 14.6. The van der Waals surface area contributed by atoms with Gasteiger partial charge in [-0.3, -0.25) is 9.20 Å².